The molecule has 0 aliphatic carbocycles. The molecule has 3 aromatic rings. The van der Waals surface area contributed by atoms with E-state index in [4.69, 9.17) is 4.74 Å². The lowest BCUT2D eigenvalue weighted by Gasteiger charge is -2.35. The van der Waals surface area contributed by atoms with Crippen LogP contribution in [0.5, 0.6) is 5.75 Å². The van der Waals surface area contributed by atoms with Crippen molar-refractivity contribution < 1.29 is 4.74 Å². The van der Waals surface area contributed by atoms with E-state index in [-0.39, 0.29) is 0 Å². The van der Waals surface area contributed by atoms with Crippen LogP contribution >= 0.6 is 0 Å². The minimum absolute atomic E-state index is 0.553. The quantitative estimate of drug-likeness (QED) is 0.657. The van der Waals surface area contributed by atoms with Crippen LogP contribution in [0.3, 0.4) is 0 Å². The first kappa shape index (κ1) is 18.9. The molecule has 1 aliphatic rings. The van der Waals surface area contributed by atoms with Crippen LogP contribution in [0.15, 0.2) is 54.9 Å². The minimum atomic E-state index is 0.553. The van der Waals surface area contributed by atoms with Crippen molar-refractivity contribution >= 4 is 17.6 Å². The van der Waals surface area contributed by atoms with Crippen molar-refractivity contribution in [3.05, 3.63) is 60.4 Å². The van der Waals surface area contributed by atoms with Gasteiger partial charge in [-0.15, -0.1) is 5.10 Å². The summed E-state index contributed by atoms with van der Waals surface area (Å²) in [6.07, 6.45) is 4.41. The van der Waals surface area contributed by atoms with Crippen molar-refractivity contribution in [3.63, 3.8) is 0 Å². The van der Waals surface area contributed by atoms with Crippen molar-refractivity contribution in [3.8, 4) is 5.75 Å². The number of benzene rings is 1. The molecule has 150 valence electrons. The number of nitrogens with one attached hydrogen (secondary N) is 1. The standard InChI is InChI=1S/C21H25N7O/c1-29-18-6-4-5-17(15-18)8-10-23-21-25-20(16-24-26-21)28-13-11-27(12-14-28)19-7-2-3-9-22-19/h2-7,9,15-16H,8,10-14H2,1H3,(H,23,25,26). The van der Waals surface area contributed by atoms with E-state index in [0.29, 0.717) is 5.95 Å². The van der Waals surface area contributed by atoms with Crippen molar-refractivity contribution in [2.24, 2.45) is 0 Å². The second-order valence-electron chi connectivity index (χ2n) is 6.83. The van der Waals surface area contributed by atoms with Crippen molar-refractivity contribution in [2.75, 3.05) is 55.0 Å². The molecule has 0 amide bonds. The Balaban J connectivity index is 1.31. The van der Waals surface area contributed by atoms with E-state index in [2.05, 4.69) is 41.3 Å². The fraction of sp³-hybridized carbons (Fsp3) is 0.333. The Morgan fingerprint density at radius 2 is 1.83 bits per heavy atom. The molecule has 0 bridgehead atoms. The van der Waals surface area contributed by atoms with Crippen LogP contribution in [0.2, 0.25) is 0 Å². The topological polar surface area (TPSA) is 79.3 Å². The molecule has 0 spiro atoms. The molecule has 1 aliphatic heterocycles. The van der Waals surface area contributed by atoms with E-state index in [1.54, 1.807) is 13.3 Å². The Hall–Kier alpha value is -3.42. The summed E-state index contributed by atoms with van der Waals surface area (Å²) in [7, 11) is 1.68. The SMILES string of the molecule is COc1cccc(CCNc2nncc(N3CCN(c4ccccn4)CC3)n2)c1. The molecule has 0 radical (unpaired) electrons. The van der Waals surface area contributed by atoms with Gasteiger partial charge in [0.25, 0.3) is 0 Å². The summed E-state index contributed by atoms with van der Waals surface area (Å²) in [5.74, 6) is 3.29. The number of rotatable bonds is 7. The smallest absolute Gasteiger partial charge is 0.244 e. The van der Waals surface area contributed by atoms with Gasteiger partial charge in [0, 0.05) is 38.9 Å². The van der Waals surface area contributed by atoms with Crippen molar-refractivity contribution in [1.29, 1.82) is 0 Å². The van der Waals surface area contributed by atoms with Crippen LogP contribution in [0.1, 0.15) is 5.56 Å². The fourth-order valence-corrected chi connectivity index (χ4v) is 3.37. The predicted molar refractivity (Wildman–Crippen MR) is 114 cm³/mol. The third-order valence-electron chi connectivity index (χ3n) is 4.95. The number of hydrogen-bond acceptors (Lipinski definition) is 8. The summed E-state index contributed by atoms with van der Waals surface area (Å²) < 4.78 is 5.27. The molecule has 29 heavy (non-hydrogen) atoms. The highest BCUT2D eigenvalue weighted by Gasteiger charge is 2.19. The van der Waals surface area contributed by atoms with Crippen LogP contribution in [-0.2, 0) is 6.42 Å². The average Bonchev–Trinajstić information content (AvgIpc) is 2.80. The van der Waals surface area contributed by atoms with Gasteiger partial charge >= 0.3 is 0 Å². The Bertz CT molecular complexity index is 914. The van der Waals surface area contributed by atoms with Crippen LogP contribution in [0.25, 0.3) is 0 Å². The molecule has 1 aromatic carbocycles. The molecule has 4 rings (SSSR count). The molecule has 0 atom stereocenters. The molecule has 8 heteroatoms. The molecule has 1 saturated heterocycles. The molecular weight excluding hydrogens is 366 g/mol. The molecular formula is C21H25N7O. The van der Waals surface area contributed by atoms with Gasteiger partial charge in [-0.2, -0.15) is 10.1 Å². The molecule has 0 saturated carbocycles. The van der Waals surface area contributed by atoms with Gasteiger partial charge in [0.05, 0.1) is 13.3 Å². The third kappa shape index (κ3) is 4.90. The number of piperazine rings is 1. The van der Waals surface area contributed by atoms with Crippen molar-refractivity contribution in [1.82, 2.24) is 20.2 Å². The fourth-order valence-electron chi connectivity index (χ4n) is 3.37. The maximum Gasteiger partial charge on any atom is 0.244 e. The summed E-state index contributed by atoms with van der Waals surface area (Å²) in [5, 5.41) is 11.5. The minimum Gasteiger partial charge on any atom is -0.497 e. The number of aromatic nitrogens is 4. The highest BCUT2D eigenvalue weighted by atomic mass is 16.5. The van der Waals surface area contributed by atoms with E-state index >= 15 is 0 Å². The summed E-state index contributed by atoms with van der Waals surface area (Å²) in [5.41, 5.74) is 1.20. The predicted octanol–water partition coefficient (Wildman–Crippen LogP) is 2.26. The first-order valence-electron chi connectivity index (χ1n) is 9.79. The molecule has 8 nitrogen and oxygen atoms in total. The van der Waals surface area contributed by atoms with Crippen LogP contribution in [0, 0.1) is 0 Å². The zero-order chi connectivity index (χ0) is 19.9. The lowest BCUT2D eigenvalue weighted by molar-refractivity contribution is 0.414. The van der Waals surface area contributed by atoms with Gasteiger partial charge in [0.15, 0.2) is 5.82 Å². The number of nitrogens with zero attached hydrogens (tertiary/aromatic N) is 6. The van der Waals surface area contributed by atoms with Gasteiger partial charge in [-0.05, 0) is 36.2 Å². The van der Waals surface area contributed by atoms with E-state index in [9.17, 15) is 0 Å². The lowest BCUT2D eigenvalue weighted by Crippen LogP contribution is -2.47. The van der Waals surface area contributed by atoms with E-state index in [1.165, 1.54) is 5.56 Å². The number of ether oxygens (including phenoxy) is 1. The number of anilines is 3. The second-order valence-corrected chi connectivity index (χ2v) is 6.83. The molecule has 1 fully saturated rings. The Morgan fingerprint density at radius 3 is 2.59 bits per heavy atom. The first-order chi connectivity index (χ1) is 14.3. The van der Waals surface area contributed by atoms with Gasteiger partial charge in [-0.1, -0.05) is 18.2 Å². The second kappa shape index (κ2) is 9.18. The van der Waals surface area contributed by atoms with Crippen LogP contribution in [0.4, 0.5) is 17.6 Å². The van der Waals surface area contributed by atoms with E-state index < -0.39 is 0 Å². The van der Waals surface area contributed by atoms with Gasteiger partial charge in [0.1, 0.15) is 11.6 Å². The van der Waals surface area contributed by atoms with Gasteiger partial charge < -0.3 is 19.9 Å². The number of pyridine rings is 1. The third-order valence-corrected chi connectivity index (χ3v) is 4.95. The lowest BCUT2D eigenvalue weighted by atomic mass is 10.1. The maximum absolute atomic E-state index is 5.27. The summed E-state index contributed by atoms with van der Waals surface area (Å²) >= 11 is 0. The first-order valence-corrected chi connectivity index (χ1v) is 9.79. The highest BCUT2D eigenvalue weighted by Crippen LogP contribution is 2.17. The highest BCUT2D eigenvalue weighted by molar-refractivity contribution is 5.45. The molecule has 3 heterocycles. The summed E-state index contributed by atoms with van der Waals surface area (Å²) in [6.45, 7) is 4.28. The summed E-state index contributed by atoms with van der Waals surface area (Å²) in [6, 6.07) is 14.1. The van der Waals surface area contributed by atoms with Gasteiger partial charge in [-0.3, -0.25) is 0 Å². The van der Waals surface area contributed by atoms with E-state index in [1.807, 2.05) is 42.6 Å². The number of methoxy groups -OCH3 is 1. The van der Waals surface area contributed by atoms with E-state index in [0.717, 1.165) is 56.5 Å². The monoisotopic (exact) mass is 391 g/mol. The van der Waals surface area contributed by atoms with Gasteiger partial charge in [0.2, 0.25) is 5.95 Å². The maximum atomic E-state index is 5.27. The van der Waals surface area contributed by atoms with Crippen LogP contribution in [-0.4, -0.2) is 60.0 Å². The average molecular weight is 391 g/mol. The van der Waals surface area contributed by atoms with Gasteiger partial charge in [-0.25, -0.2) is 4.98 Å². The number of hydrogen-bond donors (Lipinski definition) is 1. The Morgan fingerprint density at radius 1 is 1.00 bits per heavy atom. The zero-order valence-corrected chi connectivity index (χ0v) is 16.5. The Labute approximate surface area is 170 Å². The zero-order valence-electron chi connectivity index (χ0n) is 16.5. The van der Waals surface area contributed by atoms with Crippen molar-refractivity contribution in [2.45, 2.75) is 6.42 Å². The molecule has 0 unspecified atom stereocenters. The Kier molecular flexibility index (Phi) is 5.99. The summed E-state index contributed by atoms with van der Waals surface area (Å²) in [4.78, 5) is 13.6. The largest absolute Gasteiger partial charge is 0.497 e. The van der Waals surface area contributed by atoms with Crippen LogP contribution < -0.4 is 19.9 Å². The normalized spacial score (nSPS) is 14.0. The molecule has 2 aromatic heterocycles. The molecule has 1 N–H and O–H groups in total.